The highest BCUT2D eigenvalue weighted by atomic mass is 127. The van der Waals surface area contributed by atoms with Crippen LogP contribution < -0.4 is 16.0 Å². The Bertz CT molecular complexity index is 860. The molecule has 7 nitrogen and oxygen atoms in total. The molecular formula is C25H38IN5O2. The number of piperidine rings is 1. The van der Waals surface area contributed by atoms with Gasteiger partial charge in [-0.3, -0.25) is 9.69 Å². The molecule has 0 saturated carbocycles. The molecular weight excluding hydrogens is 529 g/mol. The maximum Gasteiger partial charge on any atom is 0.287 e. The van der Waals surface area contributed by atoms with E-state index in [1.807, 2.05) is 6.92 Å². The second-order valence-corrected chi connectivity index (χ2v) is 8.32. The number of halogens is 1. The Hall–Kier alpha value is -2.07. The molecule has 1 aromatic carbocycles. The smallest absolute Gasteiger partial charge is 0.287 e. The zero-order valence-corrected chi connectivity index (χ0v) is 22.2. The highest BCUT2D eigenvalue weighted by molar-refractivity contribution is 14.0. The summed E-state index contributed by atoms with van der Waals surface area (Å²) < 4.78 is 5.21. The summed E-state index contributed by atoms with van der Waals surface area (Å²) in [7, 11) is 0. The fourth-order valence-electron chi connectivity index (χ4n) is 3.82. The predicted octanol–water partition coefficient (Wildman–Crippen LogP) is 4.07. The quantitative estimate of drug-likeness (QED) is 0.175. The maximum absolute atomic E-state index is 12.1. The minimum absolute atomic E-state index is 0. The summed E-state index contributed by atoms with van der Waals surface area (Å²) >= 11 is 0. The van der Waals surface area contributed by atoms with Crippen LogP contribution >= 0.6 is 24.0 Å². The Labute approximate surface area is 214 Å². The van der Waals surface area contributed by atoms with Gasteiger partial charge < -0.3 is 20.4 Å². The van der Waals surface area contributed by atoms with E-state index in [2.05, 4.69) is 52.0 Å². The van der Waals surface area contributed by atoms with Crippen molar-refractivity contribution in [3.63, 3.8) is 0 Å². The van der Waals surface area contributed by atoms with Crippen LogP contribution in [0.3, 0.4) is 0 Å². The third-order valence-corrected chi connectivity index (χ3v) is 5.64. The number of nitrogens with zero attached hydrogens (tertiary/aromatic N) is 2. The van der Waals surface area contributed by atoms with Gasteiger partial charge in [0.2, 0.25) is 0 Å². The second-order valence-electron chi connectivity index (χ2n) is 8.32. The normalized spacial score (nSPS) is 14.4. The number of aliphatic imine (C=N–C) groups is 1. The number of likely N-dealkylation sites (tertiary alicyclic amines) is 1. The minimum Gasteiger partial charge on any atom is -0.459 e. The molecule has 3 rings (SSSR count). The first-order valence-corrected chi connectivity index (χ1v) is 11.8. The molecule has 0 spiro atoms. The molecule has 1 saturated heterocycles. The van der Waals surface area contributed by atoms with Crippen LogP contribution in [-0.2, 0) is 13.1 Å². The first-order valence-electron chi connectivity index (χ1n) is 11.8. The van der Waals surface area contributed by atoms with E-state index in [9.17, 15) is 4.79 Å². The number of carbonyl (C=O) groups excluding carboxylic acids is 1. The molecule has 2 heterocycles. The summed E-state index contributed by atoms with van der Waals surface area (Å²) in [5.74, 6) is 1.00. The molecule has 8 heteroatoms. The summed E-state index contributed by atoms with van der Waals surface area (Å²) in [6, 6.07) is 10.6. The lowest BCUT2D eigenvalue weighted by Gasteiger charge is -2.26. The van der Waals surface area contributed by atoms with E-state index in [-0.39, 0.29) is 29.9 Å². The molecule has 33 heavy (non-hydrogen) atoms. The maximum atomic E-state index is 12.1. The van der Waals surface area contributed by atoms with E-state index in [0.717, 1.165) is 37.6 Å². The van der Waals surface area contributed by atoms with Crippen molar-refractivity contribution in [1.82, 2.24) is 20.9 Å². The van der Waals surface area contributed by atoms with E-state index >= 15 is 0 Å². The van der Waals surface area contributed by atoms with Crippen molar-refractivity contribution >= 4 is 35.8 Å². The number of amides is 1. The zero-order chi connectivity index (χ0) is 22.6. The molecule has 1 aliphatic rings. The van der Waals surface area contributed by atoms with Gasteiger partial charge in [-0.25, -0.2) is 4.99 Å². The van der Waals surface area contributed by atoms with E-state index in [1.54, 1.807) is 6.07 Å². The monoisotopic (exact) mass is 567 g/mol. The third-order valence-electron chi connectivity index (χ3n) is 5.64. The summed E-state index contributed by atoms with van der Waals surface area (Å²) in [6.45, 7) is 10.1. The van der Waals surface area contributed by atoms with Gasteiger partial charge in [0.15, 0.2) is 11.7 Å². The summed E-state index contributed by atoms with van der Waals surface area (Å²) in [6.07, 6.45) is 6.34. The van der Waals surface area contributed by atoms with Gasteiger partial charge in [-0.1, -0.05) is 30.7 Å². The third kappa shape index (κ3) is 9.37. The van der Waals surface area contributed by atoms with Crippen molar-refractivity contribution in [2.45, 2.75) is 52.6 Å². The highest BCUT2D eigenvalue weighted by Gasteiger charge is 2.12. The zero-order valence-electron chi connectivity index (χ0n) is 19.9. The Morgan fingerprint density at radius 3 is 2.36 bits per heavy atom. The SMILES string of the molecule is CCNC(=NCc1ccc(CN2CCCCC2)cc1)NCCCNC(=O)c1occc1C.I. The van der Waals surface area contributed by atoms with Crippen molar-refractivity contribution in [3.8, 4) is 0 Å². The van der Waals surface area contributed by atoms with Crippen LogP contribution in [0.25, 0.3) is 0 Å². The number of aryl methyl sites for hydroxylation is 1. The molecule has 2 aromatic rings. The van der Waals surface area contributed by atoms with Crippen molar-refractivity contribution in [1.29, 1.82) is 0 Å². The van der Waals surface area contributed by atoms with Crippen molar-refractivity contribution < 1.29 is 9.21 Å². The average Bonchev–Trinajstić information content (AvgIpc) is 3.24. The Morgan fingerprint density at radius 2 is 1.70 bits per heavy atom. The van der Waals surface area contributed by atoms with Gasteiger partial charge >= 0.3 is 0 Å². The minimum atomic E-state index is -0.170. The number of nitrogens with one attached hydrogen (secondary N) is 3. The Morgan fingerprint density at radius 1 is 1.00 bits per heavy atom. The van der Waals surface area contributed by atoms with Gasteiger partial charge in [0.1, 0.15) is 0 Å². The summed E-state index contributed by atoms with van der Waals surface area (Å²) in [5, 5.41) is 9.50. The van der Waals surface area contributed by atoms with Crippen LogP contribution in [0.2, 0.25) is 0 Å². The standard InChI is InChI=1S/C25H37N5O2.HI/c1-3-26-25(28-14-7-13-27-24(31)23-20(2)12-17-32-23)29-18-21-8-10-22(11-9-21)19-30-15-5-4-6-16-30;/h8-12,17H,3-7,13-16,18-19H2,1-2H3,(H,27,31)(H2,26,28,29);1H. The van der Waals surface area contributed by atoms with Crippen LogP contribution in [-0.4, -0.2) is 49.5 Å². The Balaban J connectivity index is 0.00000385. The number of furan rings is 1. The fraction of sp³-hybridized carbons (Fsp3) is 0.520. The van der Waals surface area contributed by atoms with Gasteiger partial charge in [0.05, 0.1) is 12.8 Å². The molecule has 1 aromatic heterocycles. The first-order chi connectivity index (χ1) is 15.7. The molecule has 0 atom stereocenters. The lowest BCUT2D eigenvalue weighted by Crippen LogP contribution is -2.38. The molecule has 1 aliphatic heterocycles. The van der Waals surface area contributed by atoms with Crippen molar-refractivity contribution in [2.24, 2.45) is 4.99 Å². The second kappa shape index (κ2) is 15.0. The van der Waals surface area contributed by atoms with Crippen LogP contribution in [0.4, 0.5) is 0 Å². The lowest BCUT2D eigenvalue weighted by atomic mass is 10.1. The number of hydrogen-bond donors (Lipinski definition) is 3. The molecule has 3 N–H and O–H groups in total. The van der Waals surface area contributed by atoms with Crippen molar-refractivity contribution in [2.75, 3.05) is 32.7 Å². The van der Waals surface area contributed by atoms with E-state index in [4.69, 9.17) is 9.41 Å². The molecule has 1 fully saturated rings. The average molecular weight is 568 g/mol. The molecule has 182 valence electrons. The molecule has 0 bridgehead atoms. The van der Waals surface area contributed by atoms with Gasteiger partial charge in [-0.2, -0.15) is 0 Å². The van der Waals surface area contributed by atoms with Crippen molar-refractivity contribution in [3.05, 3.63) is 59.0 Å². The van der Waals surface area contributed by atoms with Gasteiger partial charge in [0.25, 0.3) is 5.91 Å². The van der Waals surface area contributed by atoms with E-state index in [1.165, 1.54) is 49.7 Å². The Kier molecular flexibility index (Phi) is 12.3. The number of benzene rings is 1. The molecule has 1 amide bonds. The van der Waals surface area contributed by atoms with Crippen LogP contribution in [0.1, 0.15) is 59.9 Å². The van der Waals surface area contributed by atoms with Crippen LogP contribution in [0.15, 0.2) is 46.0 Å². The number of carbonyl (C=O) groups is 1. The number of hydrogen-bond acceptors (Lipinski definition) is 4. The first kappa shape index (κ1) is 27.2. The molecule has 0 aliphatic carbocycles. The summed E-state index contributed by atoms with van der Waals surface area (Å²) in [5.41, 5.74) is 3.42. The molecule has 0 unspecified atom stereocenters. The lowest BCUT2D eigenvalue weighted by molar-refractivity contribution is 0.0925. The van der Waals surface area contributed by atoms with Gasteiger partial charge in [-0.05, 0) is 63.4 Å². The molecule has 0 radical (unpaired) electrons. The highest BCUT2D eigenvalue weighted by Crippen LogP contribution is 2.14. The van der Waals surface area contributed by atoms with E-state index in [0.29, 0.717) is 18.8 Å². The van der Waals surface area contributed by atoms with E-state index < -0.39 is 0 Å². The number of rotatable bonds is 10. The van der Waals surface area contributed by atoms with Gasteiger partial charge in [0, 0.05) is 31.7 Å². The predicted molar refractivity (Wildman–Crippen MR) is 144 cm³/mol. The largest absolute Gasteiger partial charge is 0.459 e. The van der Waals surface area contributed by atoms with Gasteiger partial charge in [-0.15, -0.1) is 24.0 Å². The van der Waals surface area contributed by atoms with Crippen LogP contribution in [0, 0.1) is 6.92 Å². The number of guanidine groups is 1. The fourth-order valence-corrected chi connectivity index (χ4v) is 3.82. The topological polar surface area (TPSA) is 81.9 Å². The van der Waals surface area contributed by atoms with Crippen LogP contribution in [0.5, 0.6) is 0 Å². The summed E-state index contributed by atoms with van der Waals surface area (Å²) in [4.78, 5) is 19.3.